The first-order valence-electron chi connectivity index (χ1n) is 4.94. The molecule has 15 heavy (non-hydrogen) atoms. The highest BCUT2D eigenvalue weighted by Crippen LogP contribution is 2.23. The number of halogens is 1. The highest BCUT2D eigenvalue weighted by molar-refractivity contribution is 9.10. The van der Waals surface area contributed by atoms with E-state index in [2.05, 4.69) is 38.1 Å². The second kappa shape index (κ2) is 6.02. The van der Waals surface area contributed by atoms with Gasteiger partial charge in [0.2, 0.25) is 0 Å². The van der Waals surface area contributed by atoms with Crippen molar-refractivity contribution in [1.29, 1.82) is 0 Å². The van der Waals surface area contributed by atoms with Gasteiger partial charge in [-0.3, -0.25) is 0 Å². The number of rotatable bonds is 5. The molecule has 4 nitrogen and oxygen atoms in total. The number of hydrogen-bond acceptors (Lipinski definition) is 4. The van der Waals surface area contributed by atoms with Crippen molar-refractivity contribution >= 4 is 21.7 Å². The van der Waals surface area contributed by atoms with Gasteiger partial charge in [0, 0.05) is 13.7 Å². The van der Waals surface area contributed by atoms with Crippen LogP contribution in [0.1, 0.15) is 24.9 Å². The molecule has 0 aliphatic carbocycles. The minimum atomic E-state index is 0.439. The molecule has 1 N–H and O–H groups in total. The van der Waals surface area contributed by atoms with Gasteiger partial charge in [-0.15, -0.1) is 0 Å². The van der Waals surface area contributed by atoms with E-state index in [0.29, 0.717) is 12.4 Å². The molecule has 0 spiro atoms. The van der Waals surface area contributed by atoms with E-state index in [4.69, 9.17) is 4.74 Å². The van der Waals surface area contributed by atoms with Crippen LogP contribution in [-0.4, -0.2) is 23.6 Å². The Labute approximate surface area is 98.6 Å². The molecule has 0 saturated heterocycles. The second-order valence-electron chi connectivity index (χ2n) is 3.25. The maximum atomic E-state index is 5.01. The van der Waals surface area contributed by atoms with Crippen molar-refractivity contribution < 1.29 is 4.74 Å². The number of methoxy groups -OCH3 is 1. The Bertz CT molecular complexity index is 331. The van der Waals surface area contributed by atoms with E-state index in [0.717, 1.165) is 29.0 Å². The Hall–Kier alpha value is -0.680. The minimum Gasteiger partial charge on any atom is -0.377 e. The third kappa shape index (κ3) is 3.43. The highest BCUT2D eigenvalue weighted by Gasteiger charge is 2.08. The van der Waals surface area contributed by atoms with E-state index in [9.17, 15) is 0 Å². The monoisotopic (exact) mass is 273 g/mol. The number of nitrogens with zero attached hydrogens (tertiary/aromatic N) is 2. The SMILES string of the molecule is CCCNc1nc(COC)nc(C)c1Br. The molecule has 5 heteroatoms. The summed E-state index contributed by atoms with van der Waals surface area (Å²) in [4.78, 5) is 8.67. The molecule has 84 valence electrons. The fourth-order valence-corrected chi connectivity index (χ4v) is 1.49. The summed E-state index contributed by atoms with van der Waals surface area (Å²) in [7, 11) is 1.64. The Morgan fingerprint density at radius 2 is 2.13 bits per heavy atom. The van der Waals surface area contributed by atoms with Crippen molar-refractivity contribution in [3.63, 3.8) is 0 Å². The summed E-state index contributed by atoms with van der Waals surface area (Å²) < 4.78 is 5.94. The first-order chi connectivity index (χ1) is 7.19. The molecular formula is C10H16BrN3O. The fourth-order valence-electron chi connectivity index (χ4n) is 1.17. The van der Waals surface area contributed by atoms with Gasteiger partial charge in [0.15, 0.2) is 5.82 Å². The lowest BCUT2D eigenvalue weighted by molar-refractivity contribution is 0.177. The van der Waals surface area contributed by atoms with Gasteiger partial charge in [-0.25, -0.2) is 9.97 Å². The zero-order valence-electron chi connectivity index (χ0n) is 9.30. The van der Waals surface area contributed by atoms with Crippen LogP contribution in [0.25, 0.3) is 0 Å². The molecule has 1 aromatic heterocycles. The van der Waals surface area contributed by atoms with E-state index in [1.54, 1.807) is 7.11 Å². The van der Waals surface area contributed by atoms with Crippen LogP contribution >= 0.6 is 15.9 Å². The maximum absolute atomic E-state index is 5.01. The molecular weight excluding hydrogens is 258 g/mol. The Morgan fingerprint density at radius 1 is 1.40 bits per heavy atom. The highest BCUT2D eigenvalue weighted by atomic mass is 79.9. The van der Waals surface area contributed by atoms with Crippen molar-refractivity contribution in [2.75, 3.05) is 19.0 Å². The molecule has 0 aromatic carbocycles. The molecule has 0 amide bonds. The summed E-state index contributed by atoms with van der Waals surface area (Å²) >= 11 is 3.47. The van der Waals surface area contributed by atoms with Crippen molar-refractivity contribution in [2.45, 2.75) is 26.9 Å². The predicted octanol–water partition coefficient (Wildman–Crippen LogP) is 2.52. The Morgan fingerprint density at radius 3 is 2.73 bits per heavy atom. The largest absolute Gasteiger partial charge is 0.377 e. The van der Waals surface area contributed by atoms with E-state index < -0.39 is 0 Å². The molecule has 0 aliphatic rings. The molecule has 0 saturated carbocycles. The van der Waals surface area contributed by atoms with Crippen molar-refractivity contribution in [2.24, 2.45) is 0 Å². The van der Waals surface area contributed by atoms with Gasteiger partial charge in [-0.05, 0) is 29.3 Å². The van der Waals surface area contributed by atoms with Gasteiger partial charge in [-0.2, -0.15) is 0 Å². The predicted molar refractivity (Wildman–Crippen MR) is 64.0 cm³/mol. The van der Waals surface area contributed by atoms with Crippen LogP contribution in [0, 0.1) is 6.92 Å². The summed E-state index contributed by atoms with van der Waals surface area (Å²) in [5, 5.41) is 3.25. The molecule has 0 radical (unpaired) electrons. The fraction of sp³-hybridized carbons (Fsp3) is 0.600. The lowest BCUT2D eigenvalue weighted by Crippen LogP contribution is -2.08. The lowest BCUT2D eigenvalue weighted by Gasteiger charge is -2.10. The van der Waals surface area contributed by atoms with Crippen LogP contribution in [0.3, 0.4) is 0 Å². The van der Waals surface area contributed by atoms with Gasteiger partial charge in [0.25, 0.3) is 0 Å². The molecule has 1 aromatic rings. The van der Waals surface area contributed by atoms with Crippen LogP contribution in [0.15, 0.2) is 4.47 Å². The van der Waals surface area contributed by atoms with E-state index >= 15 is 0 Å². The van der Waals surface area contributed by atoms with Crippen molar-refractivity contribution in [3.05, 3.63) is 16.0 Å². The van der Waals surface area contributed by atoms with Crippen LogP contribution in [0.5, 0.6) is 0 Å². The molecule has 0 fully saturated rings. The zero-order chi connectivity index (χ0) is 11.3. The Balaban J connectivity index is 2.91. The molecule has 0 aliphatic heterocycles. The van der Waals surface area contributed by atoms with Crippen LogP contribution in [-0.2, 0) is 11.3 Å². The van der Waals surface area contributed by atoms with Gasteiger partial charge < -0.3 is 10.1 Å². The minimum absolute atomic E-state index is 0.439. The van der Waals surface area contributed by atoms with Crippen LogP contribution in [0.4, 0.5) is 5.82 Å². The van der Waals surface area contributed by atoms with E-state index in [1.165, 1.54) is 0 Å². The maximum Gasteiger partial charge on any atom is 0.156 e. The smallest absolute Gasteiger partial charge is 0.156 e. The summed E-state index contributed by atoms with van der Waals surface area (Å²) in [5.74, 6) is 1.55. The topological polar surface area (TPSA) is 47.0 Å². The van der Waals surface area contributed by atoms with Gasteiger partial charge in [-0.1, -0.05) is 6.92 Å². The lowest BCUT2D eigenvalue weighted by atomic mass is 10.4. The molecule has 1 rings (SSSR count). The van der Waals surface area contributed by atoms with Crippen molar-refractivity contribution in [3.8, 4) is 0 Å². The summed E-state index contributed by atoms with van der Waals surface area (Å²) in [6.45, 7) is 5.41. The van der Waals surface area contributed by atoms with Gasteiger partial charge in [0.05, 0.1) is 10.2 Å². The zero-order valence-corrected chi connectivity index (χ0v) is 10.9. The standard InChI is InChI=1S/C10H16BrN3O/c1-4-5-12-10-9(11)7(2)13-8(14-10)6-15-3/h4-6H2,1-3H3,(H,12,13,14). The molecule has 0 unspecified atom stereocenters. The average molecular weight is 274 g/mol. The summed E-state index contributed by atoms with van der Waals surface area (Å²) in [5.41, 5.74) is 0.927. The number of ether oxygens (including phenoxy) is 1. The molecule has 0 bridgehead atoms. The number of nitrogens with one attached hydrogen (secondary N) is 1. The Kier molecular flexibility index (Phi) is 4.98. The van der Waals surface area contributed by atoms with Gasteiger partial charge >= 0.3 is 0 Å². The van der Waals surface area contributed by atoms with Crippen LogP contribution in [0.2, 0.25) is 0 Å². The third-order valence-electron chi connectivity index (χ3n) is 1.88. The number of anilines is 1. The first-order valence-corrected chi connectivity index (χ1v) is 5.74. The number of aromatic nitrogens is 2. The van der Waals surface area contributed by atoms with E-state index in [1.807, 2.05) is 6.92 Å². The molecule has 0 atom stereocenters. The third-order valence-corrected chi connectivity index (χ3v) is 2.83. The quantitative estimate of drug-likeness (QED) is 0.896. The van der Waals surface area contributed by atoms with Gasteiger partial charge in [0.1, 0.15) is 12.4 Å². The first kappa shape index (κ1) is 12.4. The molecule has 1 heterocycles. The average Bonchev–Trinajstić information content (AvgIpc) is 2.21. The number of hydrogen-bond donors (Lipinski definition) is 1. The van der Waals surface area contributed by atoms with E-state index in [-0.39, 0.29) is 0 Å². The normalized spacial score (nSPS) is 10.4. The number of aryl methyl sites for hydroxylation is 1. The summed E-state index contributed by atoms with van der Waals surface area (Å²) in [6, 6.07) is 0. The van der Waals surface area contributed by atoms with Crippen LogP contribution < -0.4 is 5.32 Å². The second-order valence-corrected chi connectivity index (χ2v) is 4.04. The summed E-state index contributed by atoms with van der Waals surface area (Å²) in [6.07, 6.45) is 1.06. The van der Waals surface area contributed by atoms with Crippen molar-refractivity contribution in [1.82, 2.24) is 9.97 Å².